The minimum absolute atomic E-state index is 0.0773. The molecule has 27 heavy (non-hydrogen) atoms. The van der Waals surface area contributed by atoms with E-state index in [1.165, 1.54) is 38.3 Å². The van der Waals surface area contributed by atoms with Gasteiger partial charge in [0.25, 0.3) is 5.91 Å². The van der Waals surface area contributed by atoms with E-state index in [-0.39, 0.29) is 10.5 Å². The van der Waals surface area contributed by atoms with E-state index >= 15 is 0 Å². The fourth-order valence-electron chi connectivity index (χ4n) is 2.23. The molecular weight excluding hydrogens is 372 g/mol. The van der Waals surface area contributed by atoms with Gasteiger partial charge in [0, 0.05) is 5.69 Å². The van der Waals surface area contributed by atoms with Gasteiger partial charge >= 0.3 is 5.97 Å². The van der Waals surface area contributed by atoms with Crippen LogP contribution in [-0.2, 0) is 19.6 Å². The lowest BCUT2D eigenvalue weighted by atomic mass is 10.1. The van der Waals surface area contributed by atoms with Gasteiger partial charge in [0.05, 0.1) is 12.0 Å². The molecule has 2 aromatic rings. The van der Waals surface area contributed by atoms with Crippen LogP contribution < -0.4 is 15.2 Å². The van der Waals surface area contributed by atoms with E-state index in [9.17, 15) is 18.0 Å². The number of carbonyl (C=O) groups excluding carboxylic acids is 2. The first-order chi connectivity index (χ1) is 12.6. The molecule has 2 rings (SSSR count). The molecule has 0 spiro atoms. The van der Waals surface area contributed by atoms with Crippen molar-refractivity contribution in [1.82, 2.24) is 0 Å². The maximum atomic E-state index is 12.3. The van der Waals surface area contributed by atoms with E-state index < -0.39 is 28.0 Å². The number of sulfonamides is 1. The molecule has 1 amide bonds. The van der Waals surface area contributed by atoms with Crippen molar-refractivity contribution >= 4 is 27.6 Å². The summed E-state index contributed by atoms with van der Waals surface area (Å²) in [6.45, 7) is 3.24. The summed E-state index contributed by atoms with van der Waals surface area (Å²) in [6, 6.07) is 10.3. The molecule has 0 unspecified atom stereocenters. The zero-order chi connectivity index (χ0) is 20.2. The predicted octanol–water partition coefficient (Wildman–Crippen LogP) is 1.84. The third kappa shape index (κ3) is 5.28. The lowest BCUT2D eigenvalue weighted by molar-refractivity contribution is -0.123. The first kappa shape index (κ1) is 20.4. The molecule has 144 valence electrons. The fraction of sp³-hybridized carbons (Fsp3) is 0.222. The number of nitrogens with one attached hydrogen (secondary N) is 1. The Hall–Kier alpha value is -2.91. The summed E-state index contributed by atoms with van der Waals surface area (Å²) >= 11 is 0. The highest BCUT2D eigenvalue weighted by molar-refractivity contribution is 7.89. The Morgan fingerprint density at radius 3 is 2.30 bits per heavy atom. The van der Waals surface area contributed by atoms with Crippen LogP contribution in [0.25, 0.3) is 0 Å². The summed E-state index contributed by atoms with van der Waals surface area (Å²) in [5.74, 6) is -0.919. The highest BCUT2D eigenvalue weighted by Crippen LogP contribution is 2.21. The second-order valence-corrected chi connectivity index (χ2v) is 7.37. The van der Waals surface area contributed by atoms with Crippen molar-refractivity contribution in [2.45, 2.75) is 24.8 Å². The number of benzene rings is 2. The molecule has 0 radical (unpaired) electrons. The van der Waals surface area contributed by atoms with Crippen LogP contribution >= 0.6 is 0 Å². The number of hydrogen-bond acceptors (Lipinski definition) is 6. The standard InChI is InChI=1S/C18H20N2O6S/c1-11-4-9-16(25-3)15(10-11)18(22)26-12(2)17(21)20-13-5-7-14(8-6-13)27(19,23)24/h4-10,12H,1-3H3,(H,20,21)(H2,19,23,24)/t12-/m0/s1. The maximum Gasteiger partial charge on any atom is 0.342 e. The molecule has 3 N–H and O–H groups in total. The largest absolute Gasteiger partial charge is 0.496 e. The Balaban J connectivity index is 2.05. The number of amides is 1. The Bertz CT molecular complexity index is 954. The Labute approximate surface area is 157 Å². The quantitative estimate of drug-likeness (QED) is 0.723. The van der Waals surface area contributed by atoms with Crippen molar-refractivity contribution in [3.05, 3.63) is 53.6 Å². The number of rotatable bonds is 6. The van der Waals surface area contributed by atoms with Gasteiger partial charge in [-0.3, -0.25) is 4.79 Å². The second kappa shape index (κ2) is 8.19. The number of carbonyl (C=O) groups is 2. The number of ether oxygens (including phenoxy) is 2. The molecular formula is C18H20N2O6S. The number of primary sulfonamides is 1. The van der Waals surface area contributed by atoms with Crippen LogP contribution in [0.2, 0.25) is 0 Å². The van der Waals surface area contributed by atoms with Crippen LogP contribution in [0.15, 0.2) is 47.4 Å². The molecule has 0 aliphatic rings. The molecule has 0 saturated heterocycles. The van der Waals surface area contributed by atoms with Crippen molar-refractivity contribution in [2.75, 3.05) is 12.4 Å². The molecule has 0 fully saturated rings. The molecule has 0 saturated carbocycles. The second-order valence-electron chi connectivity index (χ2n) is 5.81. The number of methoxy groups -OCH3 is 1. The van der Waals surface area contributed by atoms with Gasteiger partial charge in [0.1, 0.15) is 11.3 Å². The van der Waals surface area contributed by atoms with E-state index in [2.05, 4.69) is 5.32 Å². The van der Waals surface area contributed by atoms with E-state index in [4.69, 9.17) is 14.6 Å². The van der Waals surface area contributed by atoms with Gasteiger partial charge < -0.3 is 14.8 Å². The summed E-state index contributed by atoms with van der Waals surface area (Å²) < 4.78 is 32.8. The van der Waals surface area contributed by atoms with Crippen LogP contribution in [0.1, 0.15) is 22.8 Å². The van der Waals surface area contributed by atoms with Crippen molar-refractivity contribution in [2.24, 2.45) is 5.14 Å². The number of esters is 1. The van der Waals surface area contributed by atoms with Crippen molar-refractivity contribution < 1.29 is 27.5 Å². The number of aryl methyl sites for hydroxylation is 1. The molecule has 2 aromatic carbocycles. The summed E-state index contributed by atoms with van der Waals surface area (Å²) in [7, 11) is -2.38. The third-order valence-electron chi connectivity index (χ3n) is 3.68. The van der Waals surface area contributed by atoms with Crippen molar-refractivity contribution in [1.29, 1.82) is 0 Å². The van der Waals surface area contributed by atoms with Crippen LogP contribution in [0.5, 0.6) is 5.75 Å². The summed E-state index contributed by atoms with van der Waals surface area (Å²) in [6.07, 6.45) is -1.08. The van der Waals surface area contributed by atoms with E-state index in [1.807, 2.05) is 6.92 Å². The highest BCUT2D eigenvalue weighted by Gasteiger charge is 2.21. The lowest BCUT2D eigenvalue weighted by Gasteiger charge is -2.15. The van der Waals surface area contributed by atoms with E-state index in [0.717, 1.165) is 5.56 Å². The SMILES string of the molecule is COc1ccc(C)cc1C(=O)O[C@@H](C)C(=O)Nc1ccc(S(N)(=O)=O)cc1. The zero-order valence-electron chi connectivity index (χ0n) is 15.1. The van der Waals surface area contributed by atoms with E-state index in [0.29, 0.717) is 11.4 Å². The van der Waals surface area contributed by atoms with Crippen LogP contribution in [-0.4, -0.2) is 33.5 Å². The summed E-state index contributed by atoms with van der Waals surface area (Å²) in [4.78, 5) is 24.5. The molecule has 1 atom stereocenters. The van der Waals surface area contributed by atoms with Crippen LogP contribution in [0, 0.1) is 6.92 Å². The normalized spacial score (nSPS) is 12.1. The maximum absolute atomic E-state index is 12.3. The molecule has 0 aromatic heterocycles. The topological polar surface area (TPSA) is 125 Å². The third-order valence-corrected chi connectivity index (χ3v) is 4.61. The number of hydrogen-bond donors (Lipinski definition) is 2. The average molecular weight is 392 g/mol. The molecule has 8 nitrogen and oxygen atoms in total. The number of nitrogens with two attached hydrogens (primary N) is 1. The monoisotopic (exact) mass is 392 g/mol. The van der Waals surface area contributed by atoms with Crippen molar-refractivity contribution in [3.63, 3.8) is 0 Å². The first-order valence-electron chi connectivity index (χ1n) is 7.91. The van der Waals surface area contributed by atoms with Gasteiger partial charge in [0.15, 0.2) is 6.10 Å². The first-order valence-corrected chi connectivity index (χ1v) is 9.46. The molecule has 0 aliphatic heterocycles. The van der Waals surface area contributed by atoms with Crippen LogP contribution in [0.4, 0.5) is 5.69 Å². The minimum atomic E-state index is -3.82. The fourth-order valence-corrected chi connectivity index (χ4v) is 2.75. The van der Waals surface area contributed by atoms with Gasteiger partial charge in [0.2, 0.25) is 10.0 Å². The Morgan fingerprint density at radius 2 is 1.74 bits per heavy atom. The zero-order valence-corrected chi connectivity index (χ0v) is 15.9. The smallest absolute Gasteiger partial charge is 0.342 e. The lowest BCUT2D eigenvalue weighted by Crippen LogP contribution is -2.30. The molecule has 9 heteroatoms. The van der Waals surface area contributed by atoms with Crippen molar-refractivity contribution in [3.8, 4) is 5.75 Å². The van der Waals surface area contributed by atoms with Gasteiger partial charge in [-0.1, -0.05) is 11.6 Å². The molecule has 0 bridgehead atoms. The summed E-state index contributed by atoms with van der Waals surface area (Å²) in [5.41, 5.74) is 1.40. The Morgan fingerprint density at radius 1 is 1.11 bits per heavy atom. The van der Waals surface area contributed by atoms with E-state index in [1.54, 1.807) is 18.2 Å². The molecule has 0 heterocycles. The highest BCUT2D eigenvalue weighted by atomic mass is 32.2. The van der Waals surface area contributed by atoms with Gasteiger partial charge in [-0.25, -0.2) is 18.4 Å². The van der Waals surface area contributed by atoms with Gasteiger partial charge in [-0.2, -0.15) is 0 Å². The predicted molar refractivity (Wildman–Crippen MR) is 99.1 cm³/mol. The average Bonchev–Trinajstić information content (AvgIpc) is 2.61. The minimum Gasteiger partial charge on any atom is -0.496 e. The van der Waals surface area contributed by atoms with Crippen LogP contribution in [0.3, 0.4) is 0 Å². The van der Waals surface area contributed by atoms with Gasteiger partial charge in [-0.15, -0.1) is 0 Å². The summed E-state index contributed by atoms with van der Waals surface area (Å²) in [5, 5.41) is 7.55. The van der Waals surface area contributed by atoms with Gasteiger partial charge in [-0.05, 0) is 50.2 Å². The molecule has 0 aliphatic carbocycles. The number of anilines is 1. The Kier molecular flexibility index (Phi) is 6.19.